The molecule has 0 aliphatic heterocycles. The molecule has 2 nitrogen and oxygen atoms in total. The van der Waals surface area contributed by atoms with Crippen molar-refractivity contribution in [2.45, 2.75) is 58.9 Å². The number of ether oxygens (including phenoxy) is 1. The highest BCUT2D eigenvalue weighted by Gasteiger charge is 2.22. The Balaban J connectivity index is 3.22. The molecule has 0 amide bonds. The number of hydrogen-bond donors (Lipinski definition) is 1. The average Bonchev–Trinajstić information content (AvgIpc) is 2.25. The van der Waals surface area contributed by atoms with Gasteiger partial charge in [0.2, 0.25) is 0 Å². The predicted octanol–water partition coefficient (Wildman–Crippen LogP) is 4.32. The van der Waals surface area contributed by atoms with E-state index in [-0.39, 0.29) is 11.5 Å². The minimum atomic E-state index is 0.000557. The predicted molar refractivity (Wildman–Crippen MR) is 83.3 cm³/mol. The van der Waals surface area contributed by atoms with Crippen LogP contribution in [0.1, 0.15) is 52.2 Å². The van der Waals surface area contributed by atoms with Gasteiger partial charge in [-0.3, -0.25) is 0 Å². The average molecular weight is 284 g/mol. The normalized spacial score (nSPS) is 13.4. The first-order valence-electron chi connectivity index (χ1n) is 6.97. The molecule has 0 heterocycles. The van der Waals surface area contributed by atoms with Crippen molar-refractivity contribution >= 4 is 11.6 Å². The van der Waals surface area contributed by atoms with E-state index in [1.165, 1.54) is 5.56 Å². The van der Waals surface area contributed by atoms with E-state index in [1.807, 2.05) is 13.0 Å². The maximum Gasteiger partial charge on any atom is 0.141 e. The molecule has 3 heteroatoms. The molecular weight excluding hydrogens is 258 g/mol. The van der Waals surface area contributed by atoms with Crippen LogP contribution in [-0.2, 0) is 11.8 Å². The molecule has 2 N–H and O–H groups in total. The SMILES string of the molecule is CCCOc1c(Cl)cc(CC(C)N)cc1C(C)(C)C. The summed E-state index contributed by atoms with van der Waals surface area (Å²) in [5, 5.41) is 0.691. The standard InChI is InChI=1S/C16H26ClNO/c1-6-7-19-15-13(16(3,4)5)9-12(8-11(2)18)10-14(15)17/h9-11H,6-8,18H2,1-5H3. The Labute approximate surface area is 122 Å². The van der Waals surface area contributed by atoms with Gasteiger partial charge in [-0.15, -0.1) is 0 Å². The van der Waals surface area contributed by atoms with E-state index in [4.69, 9.17) is 22.1 Å². The smallest absolute Gasteiger partial charge is 0.141 e. The highest BCUT2D eigenvalue weighted by atomic mass is 35.5. The Morgan fingerprint density at radius 3 is 2.42 bits per heavy atom. The van der Waals surface area contributed by atoms with E-state index >= 15 is 0 Å². The Morgan fingerprint density at radius 2 is 1.95 bits per heavy atom. The van der Waals surface area contributed by atoms with E-state index in [9.17, 15) is 0 Å². The largest absolute Gasteiger partial charge is 0.492 e. The van der Waals surface area contributed by atoms with E-state index in [0.29, 0.717) is 11.6 Å². The Kier molecular flexibility index (Phi) is 5.69. The van der Waals surface area contributed by atoms with E-state index in [1.54, 1.807) is 0 Å². The van der Waals surface area contributed by atoms with E-state index in [2.05, 4.69) is 33.8 Å². The molecule has 1 atom stereocenters. The summed E-state index contributed by atoms with van der Waals surface area (Å²) < 4.78 is 5.84. The van der Waals surface area contributed by atoms with Crippen LogP contribution in [0, 0.1) is 0 Å². The lowest BCUT2D eigenvalue weighted by atomic mass is 9.84. The zero-order chi connectivity index (χ0) is 14.6. The van der Waals surface area contributed by atoms with Gasteiger partial charge in [-0.2, -0.15) is 0 Å². The lowest BCUT2D eigenvalue weighted by molar-refractivity contribution is 0.308. The van der Waals surface area contributed by atoms with Crippen LogP contribution in [0.25, 0.3) is 0 Å². The van der Waals surface area contributed by atoms with Gasteiger partial charge in [0.25, 0.3) is 0 Å². The summed E-state index contributed by atoms with van der Waals surface area (Å²) in [5.41, 5.74) is 8.21. The quantitative estimate of drug-likeness (QED) is 0.874. The lowest BCUT2D eigenvalue weighted by Crippen LogP contribution is -2.19. The third kappa shape index (κ3) is 4.70. The fourth-order valence-corrected chi connectivity index (χ4v) is 2.34. The molecule has 0 radical (unpaired) electrons. The molecule has 1 rings (SSSR count). The van der Waals surface area contributed by atoms with Crippen LogP contribution in [0.3, 0.4) is 0 Å². The van der Waals surface area contributed by atoms with Gasteiger partial charge in [-0.25, -0.2) is 0 Å². The monoisotopic (exact) mass is 283 g/mol. The molecular formula is C16H26ClNO. The van der Waals surface area contributed by atoms with Crippen molar-refractivity contribution in [3.8, 4) is 5.75 Å². The van der Waals surface area contributed by atoms with Crippen molar-refractivity contribution in [1.82, 2.24) is 0 Å². The summed E-state index contributed by atoms with van der Waals surface area (Å²) >= 11 is 6.39. The third-order valence-corrected chi connectivity index (χ3v) is 3.20. The molecule has 0 saturated carbocycles. The van der Waals surface area contributed by atoms with Crippen LogP contribution in [0.2, 0.25) is 5.02 Å². The first-order chi connectivity index (χ1) is 8.75. The third-order valence-electron chi connectivity index (χ3n) is 2.92. The highest BCUT2D eigenvalue weighted by molar-refractivity contribution is 6.32. The van der Waals surface area contributed by atoms with Gasteiger partial charge in [0.05, 0.1) is 11.6 Å². The van der Waals surface area contributed by atoms with Crippen LogP contribution in [0.5, 0.6) is 5.75 Å². The number of benzene rings is 1. The molecule has 0 fully saturated rings. The zero-order valence-corrected chi connectivity index (χ0v) is 13.5. The van der Waals surface area contributed by atoms with Crippen LogP contribution in [-0.4, -0.2) is 12.6 Å². The fraction of sp³-hybridized carbons (Fsp3) is 0.625. The van der Waals surface area contributed by atoms with Crippen molar-refractivity contribution in [3.63, 3.8) is 0 Å². The van der Waals surface area contributed by atoms with Crippen molar-refractivity contribution in [2.75, 3.05) is 6.61 Å². The molecule has 0 spiro atoms. The summed E-state index contributed by atoms with van der Waals surface area (Å²) in [5.74, 6) is 0.824. The lowest BCUT2D eigenvalue weighted by Gasteiger charge is -2.25. The van der Waals surface area contributed by atoms with Crippen LogP contribution in [0.15, 0.2) is 12.1 Å². The second-order valence-corrected chi connectivity index (χ2v) is 6.64. The number of nitrogens with two attached hydrogens (primary N) is 1. The fourth-order valence-electron chi connectivity index (χ4n) is 2.05. The van der Waals surface area contributed by atoms with Gasteiger partial charge in [0.15, 0.2) is 0 Å². The number of hydrogen-bond acceptors (Lipinski definition) is 2. The second kappa shape index (κ2) is 6.62. The number of halogens is 1. The molecule has 1 aromatic carbocycles. The molecule has 1 aromatic rings. The summed E-state index contributed by atoms with van der Waals surface area (Å²) in [7, 11) is 0. The van der Waals surface area contributed by atoms with E-state index in [0.717, 1.165) is 24.2 Å². The highest BCUT2D eigenvalue weighted by Crippen LogP contribution is 2.38. The molecule has 0 aliphatic rings. The summed E-state index contributed by atoms with van der Waals surface area (Å²) in [4.78, 5) is 0. The molecule has 0 aliphatic carbocycles. The van der Waals surface area contributed by atoms with Gasteiger partial charge in [0.1, 0.15) is 5.75 Å². The first-order valence-corrected chi connectivity index (χ1v) is 7.34. The van der Waals surface area contributed by atoms with Gasteiger partial charge in [0, 0.05) is 11.6 Å². The molecule has 0 saturated heterocycles. The van der Waals surface area contributed by atoms with E-state index < -0.39 is 0 Å². The Hall–Kier alpha value is -0.730. The maximum absolute atomic E-state index is 6.39. The zero-order valence-electron chi connectivity index (χ0n) is 12.7. The van der Waals surface area contributed by atoms with Crippen molar-refractivity contribution < 1.29 is 4.74 Å². The van der Waals surface area contributed by atoms with Crippen molar-refractivity contribution in [3.05, 3.63) is 28.3 Å². The number of rotatable bonds is 5. The maximum atomic E-state index is 6.39. The second-order valence-electron chi connectivity index (χ2n) is 6.23. The minimum Gasteiger partial charge on any atom is -0.492 e. The Morgan fingerprint density at radius 1 is 1.32 bits per heavy atom. The molecule has 19 heavy (non-hydrogen) atoms. The topological polar surface area (TPSA) is 35.2 Å². The molecule has 0 bridgehead atoms. The minimum absolute atomic E-state index is 0.000557. The molecule has 1 unspecified atom stereocenters. The molecule has 108 valence electrons. The van der Waals surface area contributed by atoms with Crippen LogP contribution >= 0.6 is 11.6 Å². The van der Waals surface area contributed by atoms with Crippen LogP contribution < -0.4 is 10.5 Å². The van der Waals surface area contributed by atoms with Gasteiger partial charge >= 0.3 is 0 Å². The van der Waals surface area contributed by atoms with Crippen LogP contribution in [0.4, 0.5) is 0 Å². The summed E-state index contributed by atoms with van der Waals surface area (Å²) in [6.07, 6.45) is 1.80. The van der Waals surface area contributed by atoms with Gasteiger partial charge in [-0.1, -0.05) is 45.4 Å². The molecule has 0 aromatic heterocycles. The van der Waals surface area contributed by atoms with Gasteiger partial charge < -0.3 is 10.5 Å². The summed E-state index contributed by atoms with van der Waals surface area (Å²) in [6.45, 7) is 11.3. The summed E-state index contributed by atoms with van der Waals surface area (Å²) in [6, 6.07) is 4.29. The van der Waals surface area contributed by atoms with Crippen molar-refractivity contribution in [1.29, 1.82) is 0 Å². The Bertz CT molecular complexity index is 421. The first kappa shape index (κ1) is 16.3. The van der Waals surface area contributed by atoms with Gasteiger partial charge in [-0.05, 0) is 36.8 Å². The van der Waals surface area contributed by atoms with Crippen molar-refractivity contribution in [2.24, 2.45) is 5.73 Å².